The SMILES string of the molecule is CC(C)C(=O)C=C(O)C(C)C.CC(C)c1ccnc(-c2[c-]ccc3ccccc23)c1.[Ir].[Ir].[Ir].[c-]1ccc2c(c1-c1nnc(-c3cccc4c3CCCC4)nn1)CCCC2.[c-]1ccc2c(c1-c1nnc(-c3cccc4c3CCCC4)nn1)CCCC2.[c-]1ccsc1-c1nnc(-c2cccs2)nn1. The van der Waals surface area contributed by atoms with Crippen molar-refractivity contribution in [3.8, 4) is 78.2 Å². The van der Waals surface area contributed by atoms with E-state index in [1.165, 1.54) is 130 Å². The molecule has 0 bridgehead atoms. The zero-order valence-electron chi connectivity index (χ0n) is 57.5. The molecule has 0 unspecified atom stereocenters. The maximum absolute atomic E-state index is 11.0. The van der Waals surface area contributed by atoms with Gasteiger partial charge in [0.05, 0.1) is 10.6 Å². The smallest absolute Gasteiger partial charge is 0.211 e. The van der Waals surface area contributed by atoms with Crippen molar-refractivity contribution < 1.29 is 70.2 Å². The van der Waals surface area contributed by atoms with Crippen LogP contribution in [0.25, 0.3) is 89.0 Å². The summed E-state index contributed by atoms with van der Waals surface area (Å²) >= 11 is 3.09. The van der Waals surface area contributed by atoms with E-state index in [9.17, 15) is 9.90 Å². The molecule has 3 radical (unpaired) electrons. The number of hydrogen-bond donors (Lipinski definition) is 1. The summed E-state index contributed by atoms with van der Waals surface area (Å²) in [5, 5.41) is 67.2. The molecule has 15 nitrogen and oxygen atoms in total. The van der Waals surface area contributed by atoms with Crippen LogP contribution in [0.4, 0.5) is 0 Å². The Morgan fingerprint density at radius 3 is 1.41 bits per heavy atom. The van der Waals surface area contributed by atoms with Crippen LogP contribution in [0.15, 0.2) is 156 Å². The number of aliphatic hydroxyl groups is 1. The molecule has 0 aliphatic heterocycles. The number of allylic oxidation sites excluding steroid dienone is 2. The van der Waals surface area contributed by atoms with E-state index >= 15 is 0 Å². The molecular formula is C81H79Ir3N13O2S2-4. The van der Waals surface area contributed by atoms with Gasteiger partial charge >= 0.3 is 0 Å². The molecule has 12 aromatic rings. The summed E-state index contributed by atoms with van der Waals surface area (Å²) in [6.07, 6.45) is 22.0. The van der Waals surface area contributed by atoms with Crippen molar-refractivity contribution in [2.45, 2.75) is 150 Å². The molecule has 4 aliphatic rings. The van der Waals surface area contributed by atoms with Gasteiger partial charge in [-0.3, -0.25) is 4.79 Å². The number of hydrogen-bond acceptors (Lipinski definition) is 17. The Kier molecular flexibility index (Phi) is 29.0. The van der Waals surface area contributed by atoms with Crippen LogP contribution in [0.2, 0.25) is 0 Å². The predicted molar refractivity (Wildman–Crippen MR) is 390 cm³/mol. The molecule has 523 valence electrons. The van der Waals surface area contributed by atoms with Gasteiger partial charge in [0, 0.05) is 95.6 Å². The van der Waals surface area contributed by atoms with E-state index in [2.05, 4.69) is 195 Å². The number of rotatable bonds is 11. The maximum atomic E-state index is 11.0. The maximum Gasteiger partial charge on any atom is 0.211 e. The van der Waals surface area contributed by atoms with Crippen LogP contribution in [0, 0.1) is 36.1 Å². The van der Waals surface area contributed by atoms with E-state index in [0.717, 1.165) is 94.6 Å². The number of pyridine rings is 1. The molecule has 4 aliphatic carbocycles. The summed E-state index contributed by atoms with van der Waals surface area (Å²) in [7, 11) is 0. The summed E-state index contributed by atoms with van der Waals surface area (Å²) < 4.78 is 0. The minimum absolute atomic E-state index is 0. The summed E-state index contributed by atoms with van der Waals surface area (Å²) in [5.41, 5.74) is 18.6. The molecule has 6 aromatic carbocycles. The molecular weight excluding hydrogens is 1830 g/mol. The molecule has 16 rings (SSSR count). The van der Waals surface area contributed by atoms with E-state index in [1.807, 2.05) is 81.1 Å². The van der Waals surface area contributed by atoms with Gasteiger partial charge in [-0.2, -0.15) is 42.7 Å². The molecule has 0 saturated heterocycles. The van der Waals surface area contributed by atoms with Crippen LogP contribution in [0.3, 0.4) is 0 Å². The number of aliphatic hydroxyl groups excluding tert-OH is 1. The average molecular weight is 1910 g/mol. The summed E-state index contributed by atoms with van der Waals surface area (Å²) in [6, 6.07) is 56.5. The third kappa shape index (κ3) is 19.6. The number of ketones is 1. The first-order chi connectivity index (χ1) is 47.9. The van der Waals surface area contributed by atoms with E-state index in [0.29, 0.717) is 40.9 Å². The predicted octanol–water partition coefficient (Wildman–Crippen LogP) is 18.0. The van der Waals surface area contributed by atoms with E-state index in [1.54, 1.807) is 11.3 Å². The largest absolute Gasteiger partial charge is 0.512 e. The van der Waals surface area contributed by atoms with Crippen molar-refractivity contribution in [1.29, 1.82) is 0 Å². The fourth-order valence-corrected chi connectivity index (χ4v) is 13.9. The number of aryl methyl sites for hydroxylation is 4. The van der Waals surface area contributed by atoms with Crippen LogP contribution >= 0.6 is 22.7 Å². The fraction of sp³-hybridized carbons (Fsp3) is 0.309. The molecule has 0 saturated carbocycles. The Labute approximate surface area is 641 Å². The van der Waals surface area contributed by atoms with Crippen molar-refractivity contribution in [3.63, 3.8) is 0 Å². The zero-order chi connectivity index (χ0) is 67.7. The number of carbonyl (C=O) groups excluding carboxylic acids is 1. The number of nitrogens with zero attached hydrogens (tertiary/aromatic N) is 13. The molecule has 1 N–H and O–H groups in total. The molecule has 0 fully saturated rings. The molecule has 0 amide bonds. The number of aromatic nitrogens is 13. The van der Waals surface area contributed by atoms with Gasteiger partial charge in [-0.25, -0.2) is 11.3 Å². The third-order valence-electron chi connectivity index (χ3n) is 18.1. The first-order valence-electron chi connectivity index (χ1n) is 34.2. The molecule has 6 heterocycles. The Bertz CT molecular complexity index is 4300. The van der Waals surface area contributed by atoms with E-state index in [-0.39, 0.29) is 83.7 Å². The summed E-state index contributed by atoms with van der Waals surface area (Å²) in [6.45, 7) is 11.7. The van der Waals surface area contributed by atoms with Crippen molar-refractivity contribution in [1.82, 2.24) is 66.2 Å². The van der Waals surface area contributed by atoms with Gasteiger partial charge in [0.2, 0.25) is 17.5 Å². The van der Waals surface area contributed by atoms with Gasteiger partial charge in [0.15, 0.2) is 5.78 Å². The van der Waals surface area contributed by atoms with Crippen LogP contribution in [0.1, 0.15) is 149 Å². The normalized spacial score (nSPS) is 13.4. The first kappa shape index (κ1) is 77.3. The van der Waals surface area contributed by atoms with Gasteiger partial charge < -0.3 is 10.1 Å². The van der Waals surface area contributed by atoms with Crippen molar-refractivity contribution in [2.24, 2.45) is 11.8 Å². The van der Waals surface area contributed by atoms with Crippen LogP contribution in [0.5, 0.6) is 0 Å². The molecule has 0 atom stereocenters. The minimum Gasteiger partial charge on any atom is -0.512 e. The molecule has 0 spiro atoms. The molecule has 6 aromatic heterocycles. The quantitative estimate of drug-likeness (QED) is 0.0726. The first-order valence-corrected chi connectivity index (χ1v) is 36.0. The van der Waals surface area contributed by atoms with Gasteiger partial charge in [0.1, 0.15) is 17.5 Å². The van der Waals surface area contributed by atoms with Crippen molar-refractivity contribution in [3.05, 3.63) is 231 Å². The number of thiophene rings is 2. The van der Waals surface area contributed by atoms with Gasteiger partial charge in [0.25, 0.3) is 0 Å². The summed E-state index contributed by atoms with van der Waals surface area (Å²) in [5.74, 6) is 4.22. The Morgan fingerprint density at radius 2 is 0.911 bits per heavy atom. The zero-order valence-corrected chi connectivity index (χ0v) is 66.3. The van der Waals surface area contributed by atoms with E-state index in [4.69, 9.17) is 0 Å². The van der Waals surface area contributed by atoms with Crippen LogP contribution in [-0.2, 0) is 116 Å². The van der Waals surface area contributed by atoms with Gasteiger partial charge in [-0.15, -0.1) is 135 Å². The second kappa shape index (κ2) is 37.9. The number of benzene rings is 6. The second-order valence-corrected chi connectivity index (χ2v) is 27.7. The molecule has 101 heavy (non-hydrogen) atoms. The Balaban J connectivity index is 0.000000150. The van der Waals surface area contributed by atoms with Crippen molar-refractivity contribution in [2.75, 3.05) is 0 Å². The monoisotopic (exact) mass is 1910 g/mol. The van der Waals surface area contributed by atoms with Crippen LogP contribution in [-0.4, -0.2) is 77.1 Å². The van der Waals surface area contributed by atoms with Gasteiger partial charge in [-0.05, 0) is 116 Å². The van der Waals surface area contributed by atoms with Crippen LogP contribution < -0.4 is 0 Å². The number of carbonyl (C=O) groups is 1. The topological polar surface area (TPSA) is 205 Å². The van der Waals surface area contributed by atoms with Crippen molar-refractivity contribution >= 4 is 39.2 Å². The summed E-state index contributed by atoms with van der Waals surface area (Å²) in [4.78, 5) is 17.4. The third-order valence-corrected chi connectivity index (χ3v) is 19.8. The minimum atomic E-state index is -0.0316. The average Bonchev–Trinajstić information content (AvgIpc) is 0.938. The number of fused-ring (bicyclic) bond motifs is 5. The van der Waals surface area contributed by atoms with Gasteiger partial charge in [-0.1, -0.05) is 180 Å². The standard InChI is InChI=1S/2C22H21N4.C18H16N.C10H5N4S2.C9H16O2.3Ir/c2*1-3-11-17-15(7-1)9-5-13-19(17)21-23-25-22(26-24-21)20-14-6-10-16-8-2-4-12-18(16)20;1-13(2)15-10-11-19-18(12-15)17-9-5-7-14-6-3-4-8-16(14)17;1-3-7(15-5-1)9-11-13-10(14-12-9)8-4-2-6-16-8;1-6(2)8(10)5-9(11)7(3)4;;;/h2*5-6,9-10,13H,1-4,7-8,11-12H2;3-8,10-13H,1-2H3;1-3,5-6H;5-7,10H,1-4H3;;;/q4*-1;;;;. The second-order valence-electron chi connectivity index (χ2n) is 25.8. The Hall–Kier alpha value is -7.89. The molecule has 20 heteroatoms. The fourth-order valence-electron chi connectivity index (χ4n) is 12.7. The Morgan fingerprint density at radius 1 is 0.436 bits per heavy atom. The van der Waals surface area contributed by atoms with E-state index < -0.39 is 0 Å².